The lowest BCUT2D eigenvalue weighted by atomic mass is 9.91. The van der Waals surface area contributed by atoms with Crippen LogP contribution in [-0.4, -0.2) is 34.2 Å². The lowest BCUT2D eigenvalue weighted by molar-refractivity contribution is -0.384. The fourth-order valence-electron chi connectivity index (χ4n) is 3.34. The normalized spacial score (nSPS) is 18.3. The molecule has 0 unspecified atom stereocenters. The van der Waals surface area contributed by atoms with Crippen LogP contribution >= 0.6 is 0 Å². The fourth-order valence-corrected chi connectivity index (χ4v) is 3.34. The van der Waals surface area contributed by atoms with Gasteiger partial charge in [-0.2, -0.15) is 0 Å². The van der Waals surface area contributed by atoms with Gasteiger partial charge in [-0.15, -0.1) is 0 Å². The lowest BCUT2D eigenvalue weighted by Gasteiger charge is -2.22. The smallest absolute Gasteiger partial charge is 0.325 e. The molecule has 1 fully saturated rings. The van der Waals surface area contributed by atoms with Crippen molar-refractivity contribution in [3.63, 3.8) is 0 Å². The van der Waals surface area contributed by atoms with E-state index < -0.39 is 34.9 Å². The molecule has 0 spiro atoms. The monoisotopic (exact) mass is 410 g/mol. The molecule has 0 bridgehead atoms. The molecule has 9 heteroatoms. The van der Waals surface area contributed by atoms with Crippen molar-refractivity contribution in [2.24, 2.45) is 0 Å². The van der Waals surface area contributed by atoms with Gasteiger partial charge in [-0.05, 0) is 36.6 Å². The van der Waals surface area contributed by atoms with Gasteiger partial charge in [0.25, 0.3) is 11.6 Å². The molecule has 0 aliphatic carbocycles. The van der Waals surface area contributed by atoms with Gasteiger partial charge in [-0.1, -0.05) is 37.6 Å². The summed E-state index contributed by atoms with van der Waals surface area (Å²) in [5.41, 5.74) is 0.741. The highest BCUT2D eigenvalue weighted by molar-refractivity contribution is 6.10. The minimum atomic E-state index is -1.25. The highest BCUT2D eigenvalue weighted by Crippen LogP contribution is 2.29. The van der Waals surface area contributed by atoms with Gasteiger partial charge in [0.2, 0.25) is 5.91 Å². The van der Waals surface area contributed by atoms with E-state index in [0.29, 0.717) is 11.3 Å². The van der Waals surface area contributed by atoms with Crippen LogP contribution in [0.5, 0.6) is 0 Å². The molecule has 156 valence electrons. The van der Waals surface area contributed by atoms with Crippen molar-refractivity contribution in [2.45, 2.75) is 32.2 Å². The van der Waals surface area contributed by atoms with Gasteiger partial charge in [-0.25, -0.2) is 4.79 Å². The van der Waals surface area contributed by atoms with Crippen molar-refractivity contribution in [1.29, 1.82) is 0 Å². The maximum absolute atomic E-state index is 12.9. The van der Waals surface area contributed by atoms with E-state index in [0.717, 1.165) is 23.3 Å². The summed E-state index contributed by atoms with van der Waals surface area (Å²) in [5, 5.41) is 15.9. The van der Waals surface area contributed by atoms with Crippen LogP contribution in [0.4, 0.5) is 16.2 Å². The third-order valence-corrected chi connectivity index (χ3v) is 5.01. The molecule has 0 radical (unpaired) electrons. The average Bonchev–Trinajstić information content (AvgIpc) is 2.93. The molecule has 2 aromatic carbocycles. The number of aryl methyl sites for hydroxylation is 1. The second-order valence-electron chi connectivity index (χ2n) is 7.25. The minimum absolute atomic E-state index is 0.109. The molecule has 3 rings (SSSR count). The number of amides is 4. The van der Waals surface area contributed by atoms with Gasteiger partial charge >= 0.3 is 6.03 Å². The van der Waals surface area contributed by atoms with E-state index in [2.05, 4.69) is 17.6 Å². The summed E-state index contributed by atoms with van der Waals surface area (Å²) in [7, 11) is 0. The van der Waals surface area contributed by atoms with E-state index in [9.17, 15) is 24.5 Å². The Balaban J connectivity index is 1.69. The number of nitro groups is 1. The molecular formula is C21H22N4O5. The van der Waals surface area contributed by atoms with Crippen molar-refractivity contribution >= 4 is 29.2 Å². The summed E-state index contributed by atoms with van der Waals surface area (Å²) < 4.78 is 0. The summed E-state index contributed by atoms with van der Waals surface area (Å²) in [6.07, 6.45) is 1.93. The molecule has 30 heavy (non-hydrogen) atoms. The summed E-state index contributed by atoms with van der Waals surface area (Å²) >= 11 is 0. The van der Waals surface area contributed by atoms with Gasteiger partial charge < -0.3 is 10.6 Å². The molecule has 0 saturated carbocycles. The zero-order valence-corrected chi connectivity index (χ0v) is 16.7. The van der Waals surface area contributed by atoms with Crippen molar-refractivity contribution in [2.75, 3.05) is 11.9 Å². The number of benzene rings is 2. The Kier molecular flexibility index (Phi) is 5.81. The minimum Gasteiger partial charge on any atom is -0.325 e. The first-order valence-electron chi connectivity index (χ1n) is 9.52. The number of hydrogen-bond donors (Lipinski definition) is 2. The highest BCUT2D eigenvalue weighted by atomic mass is 16.6. The van der Waals surface area contributed by atoms with Crippen molar-refractivity contribution in [3.8, 4) is 0 Å². The number of rotatable bonds is 7. The summed E-state index contributed by atoms with van der Waals surface area (Å²) in [6.45, 7) is 3.22. The number of carbonyl (C=O) groups is 3. The zero-order chi connectivity index (χ0) is 21.9. The first-order chi connectivity index (χ1) is 14.2. The van der Waals surface area contributed by atoms with Crippen LogP contribution in [-0.2, 0) is 21.5 Å². The Morgan fingerprint density at radius 2 is 1.77 bits per heavy atom. The molecule has 1 aliphatic rings. The van der Waals surface area contributed by atoms with Gasteiger partial charge in [0.1, 0.15) is 12.1 Å². The number of nitrogens with zero attached hydrogens (tertiary/aromatic N) is 2. The highest BCUT2D eigenvalue weighted by Gasteiger charge is 2.49. The first kappa shape index (κ1) is 21.0. The van der Waals surface area contributed by atoms with Crippen LogP contribution in [0.1, 0.15) is 31.4 Å². The van der Waals surface area contributed by atoms with E-state index in [4.69, 9.17) is 0 Å². The zero-order valence-electron chi connectivity index (χ0n) is 16.7. The lowest BCUT2D eigenvalue weighted by Crippen LogP contribution is -2.42. The molecule has 1 heterocycles. The Bertz CT molecular complexity index is 987. The number of non-ortho nitro benzene ring substituents is 1. The first-order valence-corrected chi connectivity index (χ1v) is 9.52. The topological polar surface area (TPSA) is 122 Å². The van der Waals surface area contributed by atoms with Gasteiger partial charge in [-0.3, -0.25) is 24.6 Å². The van der Waals surface area contributed by atoms with Gasteiger partial charge in [0.15, 0.2) is 0 Å². The molecule has 0 aromatic heterocycles. The number of nitrogens with one attached hydrogen (secondary N) is 2. The maximum atomic E-state index is 12.9. The summed E-state index contributed by atoms with van der Waals surface area (Å²) in [5.74, 6) is -1.11. The Morgan fingerprint density at radius 3 is 2.33 bits per heavy atom. The number of nitro benzene ring substituents is 1. The molecular weight excluding hydrogens is 388 g/mol. The Morgan fingerprint density at radius 1 is 1.13 bits per heavy atom. The quantitative estimate of drug-likeness (QED) is 0.413. The number of carbonyl (C=O) groups excluding carboxylic acids is 3. The van der Waals surface area contributed by atoms with Crippen molar-refractivity contribution in [3.05, 3.63) is 69.8 Å². The number of urea groups is 1. The number of anilines is 1. The van der Waals surface area contributed by atoms with E-state index in [1.54, 1.807) is 6.92 Å². The van der Waals surface area contributed by atoms with E-state index in [1.807, 2.05) is 24.3 Å². The standard InChI is InChI=1S/C21H22N4O5/c1-3-4-14-5-7-15(8-6-14)21(2)19(27)24(20(28)23-21)13-18(26)22-16-9-11-17(12-10-16)25(29)30/h5-12H,3-4,13H2,1-2H3,(H,22,26)(H,23,28)/t21-/m0/s1. The molecule has 9 nitrogen and oxygen atoms in total. The van der Waals surface area contributed by atoms with Gasteiger partial charge in [0, 0.05) is 17.8 Å². The van der Waals surface area contributed by atoms with Crippen LogP contribution in [0, 0.1) is 10.1 Å². The predicted octanol–water partition coefficient (Wildman–Crippen LogP) is 2.95. The molecule has 1 saturated heterocycles. The third kappa shape index (κ3) is 4.14. The van der Waals surface area contributed by atoms with Crippen molar-refractivity contribution in [1.82, 2.24) is 10.2 Å². The van der Waals surface area contributed by atoms with Crippen LogP contribution in [0.3, 0.4) is 0 Å². The van der Waals surface area contributed by atoms with Crippen molar-refractivity contribution < 1.29 is 19.3 Å². The molecule has 4 amide bonds. The Labute approximate surface area is 173 Å². The largest absolute Gasteiger partial charge is 0.325 e. The second kappa shape index (κ2) is 8.32. The van der Waals surface area contributed by atoms with Gasteiger partial charge in [0.05, 0.1) is 4.92 Å². The summed E-state index contributed by atoms with van der Waals surface area (Å²) in [4.78, 5) is 48.7. The van der Waals surface area contributed by atoms with E-state index in [-0.39, 0.29) is 5.69 Å². The molecule has 2 aromatic rings. The van der Waals surface area contributed by atoms with Crippen LogP contribution in [0.2, 0.25) is 0 Å². The second-order valence-corrected chi connectivity index (χ2v) is 7.25. The average molecular weight is 410 g/mol. The fraction of sp³-hybridized carbons (Fsp3) is 0.286. The number of hydrogen-bond acceptors (Lipinski definition) is 5. The maximum Gasteiger partial charge on any atom is 0.325 e. The van der Waals surface area contributed by atoms with E-state index in [1.165, 1.54) is 24.3 Å². The summed E-state index contributed by atoms with van der Waals surface area (Å²) in [6, 6.07) is 12.1. The molecule has 1 aliphatic heterocycles. The molecule has 2 N–H and O–H groups in total. The predicted molar refractivity (Wildman–Crippen MR) is 110 cm³/mol. The van der Waals surface area contributed by atoms with Crippen LogP contribution < -0.4 is 10.6 Å². The number of imide groups is 1. The third-order valence-electron chi connectivity index (χ3n) is 5.01. The van der Waals surface area contributed by atoms with Crippen LogP contribution in [0.15, 0.2) is 48.5 Å². The molecule has 1 atom stereocenters. The Hall–Kier alpha value is -3.75. The SMILES string of the molecule is CCCc1ccc([C@]2(C)NC(=O)N(CC(=O)Nc3ccc([N+](=O)[O-])cc3)C2=O)cc1. The van der Waals surface area contributed by atoms with E-state index >= 15 is 0 Å². The van der Waals surface area contributed by atoms with Crippen LogP contribution in [0.25, 0.3) is 0 Å².